The lowest BCUT2D eigenvalue weighted by Gasteiger charge is -1.93. The second-order valence-electron chi connectivity index (χ2n) is 2.55. The molecule has 14 heavy (non-hydrogen) atoms. The molecule has 1 aromatic heterocycles. The van der Waals surface area contributed by atoms with E-state index in [0.29, 0.717) is 17.3 Å². The van der Waals surface area contributed by atoms with Crippen molar-refractivity contribution >= 4 is 17.5 Å². The van der Waals surface area contributed by atoms with Gasteiger partial charge in [0.15, 0.2) is 0 Å². The van der Waals surface area contributed by atoms with Crippen LogP contribution < -0.4 is 5.32 Å². The number of hydrogen-bond acceptors (Lipinski definition) is 2. The van der Waals surface area contributed by atoms with Gasteiger partial charge in [-0.2, -0.15) is 0 Å². The van der Waals surface area contributed by atoms with Crippen LogP contribution in [0, 0.1) is 11.8 Å². The summed E-state index contributed by atoms with van der Waals surface area (Å²) in [5, 5.41) is 2.94. The number of hydrogen-bond donors (Lipinski definition) is 1. The molecule has 1 heterocycles. The normalized spacial score (nSPS) is 8.71. The maximum absolute atomic E-state index is 10.5. The Morgan fingerprint density at radius 2 is 2.50 bits per heavy atom. The highest BCUT2D eigenvalue weighted by molar-refractivity contribution is 6.30. The molecular weight excluding hydrogens is 200 g/mol. The third-order valence-corrected chi connectivity index (χ3v) is 1.71. The molecule has 0 spiro atoms. The van der Waals surface area contributed by atoms with Crippen molar-refractivity contribution in [1.29, 1.82) is 0 Å². The van der Waals surface area contributed by atoms with E-state index >= 15 is 0 Å². The maximum atomic E-state index is 10.5. The zero-order valence-electron chi connectivity index (χ0n) is 7.67. The van der Waals surface area contributed by atoms with Crippen LogP contribution in [0.4, 0.5) is 0 Å². The number of nitrogens with zero attached hydrogens (tertiary/aromatic N) is 1. The Balaban J connectivity index is 2.59. The Morgan fingerprint density at radius 3 is 3.14 bits per heavy atom. The van der Waals surface area contributed by atoms with Crippen molar-refractivity contribution in [3.05, 3.63) is 29.0 Å². The lowest BCUT2D eigenvalue weighted by molar-refractivity contribution is -0.118. The fraction of sp³-hybridized carbons (Fsp3) is 0.200. The van der Waals surface area contributed by atoms with Crippen molar-refractivity contribution < 1.29 is 4.79 Å². The summed E-state index contributed by atoms with van der Waals surface area (Å²) in [6, 6.07) is 3.53. The number of rotatable bonds is 1. The van der Waals surface area contributed by atoms with Crippen LogP contribution in [0.1, 0.15) is 12.5 Å². The Bertz CT molecular complexity index is 393. The minimum atomic E-state index is -0.100. The van der Waals surface area contributed by atoms with Crippen LogP contribution in [-0.4, -0.2) is 17.4 Å². The van der Waals surface area contributed by atoms with Gasteiger partial charge in [-0.3, -0.25) is 4.79 Å². The second-order valence-corrected chi connectivity index (χ2v) is 2.91. The van der Waals surface area contributed by atoms with E-state index in [4.69, 9.17) is 11.6 Å². The first kappa shape index (κ1) is 10.6. The van der Waals surface area contributed by atoms with Gasteiger partial charge in [-0.15, -0.1) is 0 Å². The molecule has 1 N–H and O–H groups in total. The van der Waals surface area contributed by atoms with Gasteiger partial charge in [0.05, 0.1) is 12.1 Å². The molecule has 4 heteroatoms. The molecule has 0 radical (unpaired) electrons. The van der Waals surface area contributed by atoms with Gasteiger partial charge in [0.1, 0.15) is 5.15 Å². The lowest BCUT2D eigenvalue weighted by Crippen LogP contribution is -2.19. The summed E-state index contributed by atoms with van der Waals surface area (Å²) in [6.07, 6.45) is 1.60. The topological polar surface area (TPSA) is 42.0 Å². The Hall–Kier alpha value is -1.53. The third kappa shape index (κ3) is 3.46. The van der Waals surface area contributed by atoms with Crippen LogP contribution >= 0.6 is 11.6 Å². The van der Waals surface area contributed by atoms with Gasteiger partial charge in [-0.25, -0.2) is 4.98 Å². The fourth-order valence-corrected chi connectivity index (χ4v) is 0.954. The summed E-state index contributed by atoms with van der Waals surface area (Å²) in [6.45, 7) is 1.76. The molecule has 0 aliphatic carbocycles. The first-order valence-corrected chi connectivity index (χ1v) is 4.42. The quantitative estimate of drug-likeness (QED) is 0.557. The Morgan fingerprint density at radius 1 is 1.71 bits per heavy atom. The number of nitrogens with one attached hydrogen (secondary N) is 1. The summed E-state index contributed by atoms with van der Waals surface area (Å²) in [5.41, 5.74) is 0.666. The number of pyridine rings is 1. The van der Waals surface area contributed by atoms with E-state index in [2.05, 4.69) is 22.1 Å². The summed E-state index contributed by atoms with van der Waals surface area (Å²) in [7, 11) is 0. The third-order valence-electron chi connectivity index (χ3n) is 1.41. The van der Waals surface area contributed by atoms with Gasteiger partial charge < -0.3 is 5.32 Å². The molecule has 1 aromatic rings. The zero-order valence-corrected chi connectivity index (χ0v) is 8.43. The van der Waals surface area contributed by atoms with Crippen molar-refractivity contribution in [1.82, 2.24) is 10.3 Å². The molecule has 0 aliphatic rings. The van der Waals surface area contributed by atoms with Crippen LogP contribution in [0.5, 0.6) is 0 Å². The summed E-state index contributed by atoms with van der Waals surface area (Å²) < 4.78 is 0. The predicted octanol–water partition coefficient (Wildman–Crippen LogP) is 1.22. The molecule has 0 bridgehead atoms. The van der Waals surface area contributed by atoms with E-state index < -0.39 is 0 Å². The van der Waals surface area contributed by atoms with E-state index in [1.807, 2.05) is 0 Å². The van der Waals surface area contributed by atoms with Crippen molar-refractivity contribution in [3.8, 4) is 11.8 Å². The van der Waals surface area contributed by atoms with Crippen LogP contribution in [0.25, 0.3) is 0 Å². The predicted molar refractivity (Wildman–Crippen MR) is 54.8 cm³/mol. The Labute approximate surface area is 87.5 Å². The molecule has 0 saturated carbocycles. The van der Waals surface area contributed by atoms with E-state index in [9.17, 15) is 4.79 Å². The molecule has 1 rings (SSSR count). The lowest BCUT2D eigenvalue weighted by atomic mass is 10.3. The SMILES string of the molecule is CC(=O)NCC#Cc1cccnc1Cl. The first-order valence-electron chi connectivity index (χ1n) is 4.04. The van der Waals surface area contributed by atoms with Crippen LogP contribution in [-0.2, 0) is 4.79 Å². The summed E-state index contributed by atoms with van der Waals surface area (Å²) >= 11 is 5.76. The molecule has 72 valence electrons. The molecule has 0 atom stereocenters. The number of carbonyl (C=O) groups is 1. The van der Waals surface area contributed by atoms with Gasteiger partial charge in [0.25, 0.3) is 0 Å². The number of halogens is 1. The van der Waals surface area contributed by atoms with E-state index in [0.717, 1.165) is 0 Å². The summed E-state index contributed by atoms with van der Waals surface area (Å²) in [5.74, 6) is 5.48. The molecular formula is C10H9ClN2O. The van der Waals surface area contributed by atoms with Crippen LogP contribution in [0.15, 0.2) is 18.3 Å². The molecule has 0 fully saturated rings. The average molecular weight is 209 g/mol. The standard InChI is InChI=1S/C10H9ClN2O/c1-8(14)12-6-2-4-9-5-3-7-13-10(9)11/h3,5,7H,6H2,1H3,(H,12,14). The van der Waals surface area contributed by atoms with Crippen molar-refractivity contribution in [3.63, 3.8) is 0 Å². The molecule has 0 unspecified atom stereocenters. The van der Waals surface area contributed by atoms with Gasteiger partial charge in [0.2, 0.25) is 5.91 Å². The first-order chi connectivity index (χ1) is 6.70. The second kappa shape index (κ2) is 5.25. The number of aromatic nitrogens is 1. The largest absolute Gasteiger partial charge is 0.345 e. The van der Waals surface area contributed by atoms with Crippen molar-refractivity contribution in [2.45, 2.75) is 6.92 Å². The van der Waals surface area contributed by atoms with E-state index in [-0.39, 0.29) is 5.91 Å². The minimum Gasteiger partial charge on any atom is -0.345 e. The highest BCUT2D eigenvalue weighted by atomic mass is 35.5. The maximum Gasteiger partial charge on any atom is 0.217 e. The van der Waals surface area contributed by atoms with Gasteiger partial charge in [-0.05, 0) is 12.1 Å². The number of carbonyl (C=O) groups excluding carboxylic acids is 1. The molecule has 0 saturated heterocycles. The monoisotopic (exact) mass is 208 g/mol. The smallest absolute Gasteiger partial charge is 0.217 e. The number of amides is 1. The van der Waals surface area contributed by atoms with Gasteiger partial charge in [0, 0.05) is 13.1 Å². The zero-order chi connectivity index (χ0) is 10.4. The van der Waals surface area contributed by atoms with E-state index in [1.165, 1.54) is 6.92 Å². The molecule has 0 aromatic carbocycles. The highest BCUT2D eigenvalue weighted by Crippen LogP contribution is 2.08. The Kier molecular flexibility index (Phi) is 3.96. The van der Waals surface area contributed by atoms with Crippen LogP contribution in [0.2, 0.25) is 5.15 Å². The van der Waals surface area contributed by atoms with Gasteiger partial charge in [-0.1, -0.05) is 23.4 Å². The molecule has 1 amide bonds. The summed E-state index contributed by atoms with van der Waals surface area (Å²) in [4.78, 5) is 14.4. The molecule has 0 aliphatic heterocycles. The van der Waals surface area contributed by atoms with Crippen molar-refractivity contribution in [2.24, 2.45) is 0 Å². The molecule has 3 nitrogen and oxygen atoms in total. The highest BCUT2D eigenvalue weighted by Gasteiger charge is 1.93. The fourth-order valence-electron chi connectivity index (χ4n) is 0.787. The van der Waals surface area contributed by atoms with Crippen molar-refractivity contribution in [2.75, 3.05) is 6.54 Å². The van der Waals surface area contributed by atoms with E-state index in [1.54, 1.807) is 18.3 Å². The van der Waals surface area contributed by atoms with Gasteiger partial charge >= 0.3 is 0 Å². The van der Waals surface area contributed by atoms with Crippen LogP contribution in [0.3, 0.4) is 0 Å². The minimum absolute atomic E-state index is 0.100. The average Bonchev–Trinajstić information content (AvgIpc) is 2.15.